The van der Waals surface area contributed by atoms with Gasteiger partial charge in [0.25, 0.3) is 0 Å². The Hall–Kier alpha value is -1.86. The molecule has 100 valence electrons. The standard InChI is InChI=1S/C15H17NO3/c1-15(8-3-9-19-15)14(17)13(10-16)11-4-6-12(18-2)7-5-11/h4-7,13H,3,8-9H2,1-2H3. The Bertz CT molecular complexity index is 495. The second-order valence-corrected chi connectivity index (χ2v) is 4.88. The molecule has 1 aliphatic heterocycles. The van der Waals surface area contributed by atoms with Crippen LogP contribution in [0.25, 0.3) is 0 Å². The van der Waals surface area contributed by atoms with Gasteiger partial charge in [-0.1, -0.05) is 12.1 Å². The molecule has 0 saturated carbocycles. The molecule has 0 amide bonds. The molecule has 19 heavy (non-hydrogen) atoms. The molecular formula is C15H17NO3. The van der Waals surface area contributed by atoms with E-state index in [1.54, 1.807) is 38.3 Å². The van der Waals surface area contributed by atoms with Crippen LogP contribution in [0.4, 0.5) is 0 Å². The number of methoxy groups -OCH3 is 1. The first kappa shape index (κ1) is 13.6. The zero-order valence-corrected chi connectivity index (χ0v) is 11.2. The number of ketones is 1. The molecule has 0 spiro atoms. The van der Waals surface area contributed by atoms with Gasteiger partial charge in [-0.3, -0.25) is 4.79 Å². The average molecular weight is 259 g/mol. The van der Waals surface area contributed by atoms with E-state index < -0.39 is 11.5 Å². The third-order valence-electron chi connectivity index (χ3n) is 3.58. The Labute approximate surface area is 112 Å². The summed E-state index contributed by atoms with van der Waals surface area (Å²) >= 11 is 0. The first-order valence-corrected chi connectivity index (χ1v) is 6.32. The molecule has 1 fully saturated rings. The monoisotopic (exact) mass is 259 g/mol. The van der Waals surface area contributed by atoms with Gasteiger partial charge in [-0.15, -0.1) is 0 Å². The lowest BCUT2D eigenvalue weighted by atomic mass is 9.85. The predicted octanol–water partition coefficient (Wildman–Crippen LogP) is 2.44. The predicted molar refractivity (Wildman–Crippen MR) is 69.9 cm³/mol. The van der Waals surface area contributed by atoms with Crippen molar-refractivity contribution in [1.82, 2.24) is 0 Å². The first-order chi connectivity index (χ1) is 9.10. The van der Waals surface area contributed by atoms with Crippen LogP contribution in [0.3, 0.4) is 0 Å². The van der Waals surface area contributed by atoms with E-state index in [1.165, 1.54) is 0 Å². The molecule has 1 aromatic rings. The van der Waals surface area contributed by atoms with Crippen LogP contribution in [-0.4, -0.2) is 25.1 Å². The summed E-state index contributed by atoms with van der Waals surface area (Å²) in [5.74, 6) is -0.233. The van der Waals surface area contributed by atoms with Crippen molar-refractivity contribution in [1.29, 1.82) is 5.26 Å². The van der Waals surface area contributed by atoms with E-state index in [4.69, 9.17) is 9.47 Å². The molecule has 0 radical (unpaired) electrons. The number of carbonyl (C=O) groups excluding carboxylic acids is 1. The van der Waals surface area contributed by atoms with E-state index in [-0.39, 0.29) is 5.78 Å². The summed E-state index contributed by atoms with van der Waals surface area (Å²) in [4.78, 5) is 12.5. The van der Waals surface area contributed by atoms with E-state index in [2.05, 4.69) is 6.07 Å². The number of carbonyl (C=O) groups is 1. The fourth-order valence-electron chi connectivity index (χ4n) is 2.36. The summed E-state index contributed by atoms with van der Waals surface area (Å²) in [5, 5.41) is 9.29. The summed E-state index contributed by atoms with van der Waals surface area (Å²) < 4.78 is 10.6. The number of benzene rings is 1. The fourth-order valence-corrected chi connectivity index (χ4v) is 2.36. The Morgan fingerprint density at radius 1 is 1.47 bits per heavy atom. The molecule has 0 aromatic heterocycles. The van der Waals surface area contributed by atoms with Crippen LogP contribution < -0.4 is 4.74 Å². The molecule has 1 saturated heterocycles. The highest BCUT2D eigenvalue weighted by molar-refractivity contribution is 5.95. The minimum absolute atomic E-state index is 0.155. The van der Waals surface area contributed by atoms with Crippen LogP contribution in [0.2, 0.25) is 0 Å². The summed E-state index contributed by atoms with van der Waals surface area (Å²) in [5.41, 5.74) is -0.134. The van der Waals surface area contributed by atoms with Crippen LogP contribution in [0.5, 0.6) is 5.75 Å². The zero-order valence-electron chi connectivity index (χ0n) is 11.2. The highest BCUT2D eigenvalue weighted by Crippen LogP contribution is 2.32. The number of nitriles is 1. The van der Waals surface area contributed by atoms with Gasteiger partial charge >= 0.3 is 0 Å². The Balaban J connectivity index is 2.24. The van der Waals surface area contributed by atoms with E-state index in [9.17, 15) is 10.1 Å². The van der Waals surface area contributed by atoms with Gasteiger partial charge in [0.15, 0.2) is 5.78 Å². The van der Waals surface area contributed by atoms with Gasteiger partial charge < -0.3 is 9.47 Å². The quantitative estimate of drug-likeness (QED) is 0.833. The largest absolute Gasteiger partial charge is 0.497 e. The van der Waals surface area contributed by atoms with E-state index in [1.807, 2.05) is 0 Å². The number of hydrogen-bond donors (Lipinski definition) is 0. The van der Waals surface area contributed by atoms with E-state index >= 15 is 0 Å². The highest BCUT2D eigenvalue weighted by atomic mass is 16.5. The van der Waals surface area contributed by atoms with Gasteiger partial charge in [-0.25, -0.2) is 0 Å². The highest BCUT2D eigenvalue weighted by Gasteiger charge is 2.42. The summed E-state index contributed by atoms with van der Waals surface area (Å²) in [6.45, 7) is 2.36. The lowest BCUT2D eigenvalue weighted by Gasteiger charge is -2.24. The molecule has 1 heterocycles. The molecule has 2 unspecified atom stereocenters. The Kier molecular flexibility index (Phi) is 3.87. The summed E-state index contributed by atoms with van der Waals surface area (Å²) in [6, 6.07) is 9.10. The van der Waals surface area contributed by atoms with Crippen molar-refractivity contribution in [3.8, 4) is 11.8 Å². The number of nitrogens with zero attached hydrogens (tertiary/aromatic N) is 1. The third kappa shape index (κ3) is 2.61. The van der Waals surface area contributed by atoms with Gasteiger partial charge in [-0.05, 0) is 37.5 Å². The van der Waals surface area contributed by atoms with Crippen molar-refractivity contribution in [3.63, 3.8) is 0 Å². The average Bonchev–Trinajstić information content (AvgIpc) is 2.88. The van der Waals surface area contributed by atoms with Crippen molar-refractivity contribution >= 4 is 5.78 Å². The number of ether oxygens (including phenoxy) is 2. The minimum Gasteiger partial charge on any atom is -0.497 e. The zero-order chi connectivity index (χ0) is 13.9. The van der Waals surface area contributed by atoms with Crippen LogP contribution in [0, 0.1) is 11.3 Å². The van der Waals surface area contributed by atoms with Gasteiger partial charge in [0.05, 0.1) is 13.2 Å². The molecular weight excluding hydrogens is 242 g/mol. The molecule has 0 bridgehead atoms. The van der Waals surface area contributed by atoms with Crippen molar-refractivity contribution < 1.29 is 14.3 Å². The maximum atomic E-state index is 12.5. The first-order valence-electron chi connectivity index (χ1n) is 6.32. The van der Waals surface area contributed by atoms with Gasteiger partial charge in [0, 0.05) is 6.61 Å². The van der Waals surface area contributed by atoms with Gasteiger partial charge in [0.1, 0.15) is 17.3 Å². The minimum atomic E-state index is -0.819. The molecule has 1 aliphatic rings. The molecule has 0 N–H and O–H groups in total. The van der Waals surface area contributed by atoms with Crippen LogP contribution in [0.1, 0.15) is 31.2 Å². The summed E-state index contributed by atoms with van der Waals surface area (Å²) in [6.07, 6.45) is 1.54. The topological polar surface area (TPSA) is 59.3 Å². The molecule has 2 rings (SSSR count). The summed E-state index contributed by atoms with van der Waals surface area (Å²) in [7, 11) is 1.58. The lowest BCUT2D eigenvalue weighted by Crippen LogP contribution is -2.37. The molecule has 4 nitrogen and oxygen atoms in total. The van der Waals surface area contributed by atoms with Crippen molar-refractivity contribution in [2.45, 2.75) is 31.3 Å². The van der Waals surface area contributed by atoms with Gasteiger partial charge in [0.2, 0.25) is 0 Å². The molecule has 4 heteroatoms. The van der Waals surface area contributed by atoms with Gasteiger partial charge in [-0.2, -0.15) is 5.26 Å². The van der Waals surface area contributed by atoms with Crippen molar-refractivity contribution in [2.75, 3.05) is 13.7 Å². The fraction of sp³-hybridized carbons (Fsp3) is 0.467. The normalized spacial score (nSPS) is 23.6. The smallest absolute Gasteiger partial charge is 0.185 e. The second-order valence-electron chi connectivity index (χ2n) is 4.88. The van der Waals surface area contributed by atoms with E-state index in [0.717, 1.165) is 6.42 Å². The second kappa shape index (κ2) is 5.41. The van der Waals surface area contributed by atoms with Crippen molar-refractivity contribution in [2.24, 2.45) is 0 Å². The maximum Gasteiger partial charge on any atom is 0.185 e. The number of hydrogen-bond acceptors (Lipinski definition) is 4. The van der Waals surface area contributed by atoms with Crippen LogP contribution in [0.15, 0.2) is 24.3 Å². The SMILES string of the molecule is COc1ccc(C(C#N)C(=O)C2(C)CCCO2)cc1. The van der Waals surface area contributed by atoms with E-state index in [0.29, 0.717) is 24.3 Å². The number of Topliss-reactive ketones (excluding diaryl/α,β-unsaturated/α-hetero) is 1. The molecule has 0 aliphatic carbocycles. The number of rotatable bonds is 4. The Morgan fingerprint density at radius 2 is 2.16 bits per heavy atom. The van der Waals surface area contributed by atoms with Crippen molar-refractivity contribution in [3.05, 3.63) is 29.8 Å². The molecule has 1 aromatic carbocycles. The Morgan fingerprint density at radius 3 is 2.63 bits per heavy atom. The maximum absolute atomic E-state index is 12.5. The third-order valence-corrected chi connectivity index (χ3v) is 3.58. The van der Waals surface area contributed by atoms with Crippen LogP contribution in [-0.2, 0) is 9.53 Å². The lowest BCUT2D eigenvalue weighted by molar-refractivity contribution is -0.137. The molecule has 2 atom stereocenters. The van der Waals surface area contributed by atoms with Crippen LogP contribution >= 0.6 is 0 Å².